The molecule has 0 aliphatic carbocycles. The van der Waals surface area contributed by atoms with Gasteiger partial charge in [-0.25, -0.2) is 9.38 Å². The van der Waals surface area contributed by atoms with Gasteiger partial charge in [-0.3, -0.25) is 10.1 Å². The number of carbonyl (C=O) groups is 1. The second kappa shape index (κ2) is 8.31. The van der Waals surface area contributed by atoms with Crippen LogP contribution in [0, 0.1) is 19.7 Å². The minimum Gasteiger partial charge on any atom is -0.340 e. The van der Waals surface area contributed by atoms with Gasteiger partial charge in [0.1, 0.15) is 5.82 Å². The number of aryl methyl sites for hydroxylation is 2. The summed E-state index contributed by atoms with van der Waals surface area (Å²) < 4.78 is 13.1. The van der Waals surface area contributed by atoms with Crippen LogP contribution in [0.1, 0.15) is 21.5 Å². The van der Waals surface area contributed by atoms with Crippen molar-refractivity contribution in [1.82, 2.24) is 15.1 Å². The van der Waals surface area contributed by atoms with E-state index in [-0.39, 0.29) is 11.7 Å². The number of guanidine groups is 1. The quantitative estimate of drug-likeness (QED) is 0.655. The van der Waals surface area contributed by atoms with Gasteiger partial charge < -0.3 is 9.80 Å². The molecular weight excluding hydrogens is 343 g/mol. The Kier molecular flexibility index (Phi) is 5.86. The first kappa shape index (κ1) is 19.0. The molecule has 142 valence electrons. The summed E-state index contributed by atoms with van der Waals surface area (Å²) in [6.45, 7) is 7.41. The van der Waals surface area contributed by atoms with Crippen molar-refractivity contribution in [2.24, 2.45) is 4.99 Å². The van der Waals surface area contributed by atoms with Crippen molar-refractivity contribution in [2.45, 2.75) is 13.8 Å². The van der Waals surface area contributed by atoms with Crippen LogP contribution < -0.4 is 5.32 Å². The van der Waals surface area contributed by atoms with Gasteiger partial charge in [-0.1, -0.05) is 17.7 Å². The Morgan fingerprint density at radius 1 is 1.04 bits per heavy atom. The van der Waals surface area contributed by atoms with Crippen molar-refractivity contribution in [3.63, 3.8) is 0 Å². The number of aliphatic imine (C=N–C) groups is 1. The Morgan fingerprint density at radius 3 is 2.33 bits per heavy atom. The molecule has 27 heavy (non-hydrogen) atoms. The molecule has 0 saturated carbocycles. The van der Waals surface area contributed by atoms with Crippen LogP contribution in [0.3, 0.4) is 0 Å². The Bertz CT molecular complexity index is 840. The molecule has 0 bridgehead atoms. The Labute approximate surface area is 159 Å². The second-order valence-electron chi connectivity index (χ2n) is 6.98. The number of halogens is 1. The van der Waals surface area contributed by atoms with E-state index in [0.717, 1.165) is 37.4 Å². The van der Waals surface area contributed by atoms with Crippen LogP contribution in [0.15, 0.2) is 47.5 Å². The molecule has 1 N–H and O–H groups in total. The number of benzene rings is 2. The van der Waals surface area contributed by atoms with Crippen LogP contribution in [-0.2, 0) is 0 Å². The van der Waals surface area contributed by atoms with Crippen LogP contribution in [-0.4, -0.2) is 54.9 Å². The fourth-order valence-electron chi connectivity index (χ4n) is 3.02. The maximum atomic E-state index is 13.1. The van der Waals surface area contributed by atoms with E-state index in [0.29, 0.717) is 11.5 Å². The Balaban J connectivity index is 1.88. The molecule has 0 atom stereocenters. The minimum atomic E-state index is -0.366. The van der Waals surface area contributed by atoms with Gasteiger partial charge in [0, 0.05) is 31.7 Å². The number of hydrogen-bond acceptors (Lipinski definition) is 3. The van der Waals surface area contributed by atoms with Gasteiger partial charge in [-0.05, 0) is 56.8 Å². The van der Waals surface area contributed by atoms with E-state index in [1.54, 1.807) is 0 Å². The fourth-order valence-corrected chi connectivity index (χ4v) is 3.02. The van der Waals surface area contributed by atoms with Crippen LogP contribution in [0.2, 0.25) is 0 Å². The Morgan fingerprint density at radius 2 is 1.70 bits per heavy atom. The molecule has 2 aromatic carbocycles. The van der Waals surface area contributed by atoms with Crippen molar-refractivity contribution in [3.05, 3.63) is 65.0 Å². The zero-order valence-electron chi connectivity index (χ0n) is 16.0. The molecule has 5 nitrogen and oxygen atoms in total. The summed E-state index contributed by atoms with van der Waals surface area (Å²) in [6.07, 6.45) is 0. The highest BCUT2D eigenvalue weighted by Crippen LogP contribution is 2.20. The smallest absolute Gasteiger partial charge is 0.257 e. The molecule has 0 unspecified atom stereocenters. The zero-order valence-corrected chi connectivity index (χ0v) is 16.0. The highest BCUT2D eigenvalue weighted by molar-refractivity contribution is 6.06. The molecule has 2 aromatic rings. The molecule has 6 heteroatoms. The third-order valence-corrected chi connectivity index (χ3v) is 4.71. The van der Waals surface area contributed by atoms with Crippen LogP contribution >= 0.6 is 0 Å². The maximum Gasteiger partial charge on any atom is 0.257 e. The van der Waals surface area contributed by atoms with E-state index >= 15 is 0 Å². The molecule has 0 aromatic heterocycles. The van der Waals surface area contributed by atoms with E-state index in [9.17, 15) is 9.18 Å². The molecule has 3 rings (SSSR count). The standard InChI is InChI=1S/C21H25FN4O/c1-15-4-9-19(16(2)14-15)23-21(26-12-10-25(3)11-13-26)24-20(27)17-5-7-18(22)8-6-17/h4-9,14H,10-13H2,1-3H3,(H,23,24,27). The lowest BCUT2D eigenvalue weighted by Crippen LogP contribution is -2.52. The molecule has 1 aliphatic heterocycles. The molecule has 0 spiro atoms. The van der Waals surface area contributed by atoms with Crippen LogP contribution in [0.5, 0.6) is 0 Å². The van der Waals surface area contributed by atoms with Gasteiger partial charge >= 0.3 is 0 Å². The summed E-state index contributed by atoms with van der Waals surface area (Å²) in [7, 11) is 2.08. The van der Waals surface area contributed by atoms with E-state index in [1.165, 1.54) is 29.8 Å². The van der Waals surface area contributed by atoms with Crippen molar-refractivity contribution < 1.29 is 9.18 Å². The number of hydrogen-bond donors (Lipinski definition) is 1. The van der Waals surface area contributed by atoms with E-state index in [2.05, 4.69) is 28.2 Å². The van der Waals surface area contributed by atoms with Gasteiger partial charge in [0.15, 0.2) is 0 Å². The van der Waals surface area contributed by atoms with Gasteiger partial charge in [-0.2, -0.15) is 0 Å². The fraction of sp³-hybridized carbons (Fsp3) is 0.333. The topological polar surface area (TPSA) is 47.9 Å². The first-order valence-electron chi connectivity index (χ1n) is 9.09. The summed E-state index contributed by atoms with van der Waals surface area (Å²) in [6, 6.07) is 11.6. The molecule has 1 saturated heterocycles. The van der Waals surface area contributed by atoms with Crippen molar-refractivity contribution in [3.8, 4) is 0 Å². The number of nitrogens with zero attached hydrogens (tertiary/aromatic N) is 3. The van der Waals surface area contributed by atoms with Gasteiger partial charge in [0.2, 0.25) is 5.96 Å². The SMILES string of the molecule is Cc1ccc(N=C(NC(=O)c2ccc(F)cc2)N2CCN(C)CC2)c(C)c1. The average Bonchev–Trinajstić information content (AvgIpc) is 2.64. The maximum absolute atomic E-state index is 13.1. The number of nitrogens with one attached hydrogen (secondary N) is 1. The lowest BCUT2D eigenvalue weighted by molar-refractivity contribution is 0.0969. The third kappa shape index (κ3) is 4.92. The van der Waals surface area contributed by atoms with Crippen molar-refractivity contribution in [2.75, 3.05) is 33.2 Å². The predicted molar refractivity (Wildman–Crippen MR) is 106 cm³/mol. The van der Waals surface area contributed by atoms with Gasteiger partial charge in [0.25, 0.3) is 5.91 Å². The van der Waals surface area contributed by atoms with Gasteiger partial charge in [0.05, 0.1) is 5.69 Å². The number of rotatable bonds is 2. The average molecular weight is 368 g/mol. The monoisotopic (exact) mass is 368 g/mol. The summed E-state index contributed by atoms with van der Waals surface area (Å²) in [5, 5.41) is 2.92. The highest BCUT2D eigenvalue weighted by atomic mass is 19.1. The van der Waals surface area contributed by atoms with E-state index in [1.807, 2.05) is 26.0 Å². The van der Waals surface area contributed by atoms with Crippen molar-refractivity contribution >= 4 is 17.6 Å². The summed E-state index contributed by atoms with van der Waals surface area (Å²) in [4.78, 5) is 21.7. The van der Waals surface area contributed by atoms with E-state index in [4.69, 9.17) is 4.99 Å². The summed E-state index contributed by atoms with van der Waals surface area (Å²) in [5.41, 5.74) is 3.45. The number of amides is 1. The zero-order chi connectivity index (χ0) is 19.4. The molecule has 1 heterocycles. The van der Waals surface area contributed by atoms with Crippen LogP contribution in [0.25, 0.3) is 0 Å². The second-order valence-corrected chi connectivity index (χ2v) is 6.98. The van der Waals surface area contributed by atoms with E-state index < -0.39 is 0 Å². The first-order valence-corrected chi connectivity index (χ1v) is 9.09. The molecule has 1 aliphatic rings. The highest BCUT2D eigenvalue weighted by Gasteiger charge is 2.20. The molecular formula is C21H25FN4O. The molecule has 0 radical (unpaired) electrons. The van der Waals surface area contributed by atoms with Crippen LogP contribution in [0.4, 0.5) is 10.1 Å². The third-order valence-electron chi connectivity index (χ3n) is 4.71. The lowest BCUT2D eigenvalue weighted by Gasteiger charge is -2.34. The minimum absolute atomic E-state index is 0.294. The lowest BCUT2D eigenvalue weighted by atomic mass is 10.1. The van der Waals surface area contributed by atoms with Crippen molar-refractivity contribution in [1.29, 1.82) is 0 Å². The summed E-state index contributed by atoms with van der Waals surface area (Å²) >= 11 is 0. The number of carbonyl (C=O) groups excluding carboxylic acids is 1. The first-order chi connectivity index (χ1) is 12.9. The van der Waals surface area contributed by atoms with Gasteiger partial charge in [-0.15, -0.1) is 0 Å². The number of piperazine rings is 1. The predicted octanol–water partition coefficient (Wildman–Crippen LogP) is 3.11. The number of likely N-dealkylation sites (N-methyl/N-ethyl adjacent to an activating group) is 1. The molecule has 1 amide bonds. The Hall–Kier alpha value is -2.73. The molecule has 1 fully saturated rings. The largest absolute Gasteiger partial charge is 0.340 e. The summed E-state index contributed by atoms with van der Waals surface area (Å²) in [5.74, 6) is -0.128. The normalized spacial score (nSPS) is 15.7.